The molecule has 3 radical (unpaired) electrons. The van der Waals surface area contributed by atoms with E-state index in [-0.39, 0.29) is 21.1 Å². The smallest absolute Gasteiger partial charge is 0 e. The van der Waals surface area contributed by atoms with Gasteiger partial charge < -0.3 is 5.11 Å². The van der Waals surface area contributed by atoms with Crippen LogP contribution in [0, 0.1) is 46.9 Å². The molecular formula is C22H20F3MoN2O4. The van der Waals surface area contributed by atoms with E-state index in [2.05, 4.69) is 54.5 Å². The van der Waals surface area contributed by atoms with Crippen molar-refractivity contribution in [3.8, 4) is 0 Å². The molecule has 2 heterocycles. The number of aliphatic carboxylic acids is 1. The van der Waals surface area contributed by atoms with Crippen molar-refractivity contribution in [2.75, 3.05) is 0 Å². The number of unbranched alkanes of at least 4 members (excludes halogenated alkanes) is 1. The van der Waals surface area contributed by atoms with Gasteiger partial charge in [-0.25, -0.2) is 4.79 Å². The van der Waals surface area contributed by atoms with Crippen LogP contribution in [0.2, 0.25) is 0 Å². The van der Waals surface area contributed by atoms with E-state index in [4.69, 9.17) is 19.2 Å². The molecule has 0 aliphatic heterocycles. The molecule has 0 spiro atoms. The SMILES string of the molecule is Cc1ccc2ccc3ccc(C)nc3c2n1.O=C(O)C(F)(F)F.[C-]#[O+].[C-]#[O+].[CH2][CH][CH]C.[Mo]. The number of hydrogen-bond donors (Lipinski definition) is 1. The number of carboxylic acid groups (broad SMARTS) is 1. The summed E-state index contributed by atoms with van der Waals surface area (Å²) in [6.07, 6.45) is -1.44. The van der Waals surface area contributed by atoms with Crippen LogP contribution in [0.4, 0.5) is 13.2 Å². The van der Waals surface area contributed by atoms with Crippen molar-refractivity contribution in [1.29, 1.82) is 0 Å². The van der Waals surface area contributed by atoms with Gasteiger partial charge in [0.05, 0.1) is 11.0 Å². The van der Waals surface area contributed by atoms with Crippen molar-refractivity contribution in [3.63, 3.8) is 0 Å². The van der Waals surface area contributed by atoms with Gasteiger partial charge in [0.15, 0.2) is 0 Å². The maximum atomic E-state index is 10.6. The molecule has 32 heavy (non-hydrogen) atoms. The molecule has 10 heteroatoms. The topological polar surface area (TPSA) is 103 Å². The van der Waals surface area contributed by atoms with Gasteiger partial charge in [0.2, 0.25) is 0 Å². The summed E-state index contributed by atoms with van der Waals surface area (Å²) in [5.74, 6) is -2.76. The van der Waals surface area contributed by atoms with Gasteiger partial charge in [-0.3, -0.25) is 9.97 Å². The summed E-state index contributed by atoms with van der Waals surface area (Å²) in [6, 6.07) is 12.5. The Bertz CT molecular complexity index is 937. The number of halogens is 3. The van der Waals surface area contributed by atoms with Crippen molar-refractivity contribution in [2.45, 2.75) is 26.9 Å². The van der Waals surface area contributed by atoms with E-state index >= 15 is 0 Å². The molecule has 0 atom stereocenters. The first-order valence-electron chi connectivity index (χ1n) is 8.35. The number of pyridine rings is 2. The monoisotopic (exact) mass is 531 g/mol. The molecule has 2 aromatic heterocycles. The normalized spacial score (nSPS) is 9.09. The Labute approximate surface area is 199 Å². The second-order valence-electron chi connectivity index (χ2n) is 5.49. The summed E-state index contributed by atoms with van der Waals surface area (Å²) in [7, 11) is 0. The quantitative estimate of drug-likeness (QED) is 0.203. The summed E-state index contributed by atoms with van der Waals surface area (Å²) in [4.78, 5) is 18.1. The standard InChI is InChI=1S/C14H12N2.C4H7.C2HF3O2.2CO.Mo/c1-9-3-5-11-7-8-12-6-4-10(2)16-14(12)13(11)15-9;1-3-4-2;3-2(4,5)1(6)7;2*1-2;/h3-8H,1-2H3;3-4H,1H2,2H3;(H,6,7);;;. The molecule has 0 saturated carbocycles. The van der Waals surface area contributed by atoms with Gasteiger partial charge in [-0.05, 0) is 45.7 Å². The number of benzene rings is 1. The number of nitrogens with zero attached hydrogens (tertiary/aromatic N) is 2. The molecule has 1 aromatic carbocycles. The first-order valence-corrected chi connectivity index (χ1v) is 8.35. The summed E-state index contributed by atoms with van der Waals surface area (Å²) in [6.45, 7) is 18.4. The van der Waals surface area contributed by atoms with Crippen LogP contribution < -0.4 is 0 Å². The van der Waals surface area contributed by atoms with Crippen molar-refractivity contribution >= 4 is 27.8 Å². The van der Waals surface area contributed by atoms with Gasteiger partial charge in [-0.2, -0.15) is 13.2 Å². The predicted octanol–water partition coefficient (Wildman–Crippen LogP) is 5.20. The minimum atomic E-state index is -5.08. The molecule has 6 nitrogen and oxygen atoms in total. The van der Waals surface area contributed by atoms with E-state index in [0.717, 1.165) is 33.2 Å². The van der Waals surface area contributed by atoms with Crippen LogP contribution in [0.3, 0.4) is 0 Å². The zero-order chi connectivity index (χ0) is 24.6. The molecule has 0 fully saturated rings. The Morgan fingerprint density at radius 1 is 0.938 bits per heavy atom. The second-order valence-corrected chi connectivity index (χ2v) is 5.49. The number of carbonyl (C=O) groups is 1. The van der Waals surface area contributed by atoms with Crippen LogP contribution in [0.25, 0.3) is 21.8 Å². The summed E-state index contributed by atoms with van der Waals surface area (Å²) in [5, 5.41) is 9.42. The third-order valence-electron chi connectivity index (χ3n) is 3.28. The number of rotatable bonds is 1. The average Bonchev–Trinajstić information content (AvgIpc) is 2.76. The van der Waals surface area contributed by atoms with Gasteiger partial charge in [-0.15, -0.1) is 0 Å². The Morgan fingerprint density at radius 3 is 1.41 bits per heavy atom. The Morgan fingerprint density at radius 2 is 1.19 bits per heavy atom. The zero-order valence-electron chi connectivity index (χ0n) is 17.4. The van der Waals surface area contributed by atoms with Gasteiger partial charge in [0, 0.05) is 43.2 Å². The maximum Gasteiger partial charge on any atom is 0 e. The minimum Gasteiger partial charge on any atom is -0.0620 e. The number of hydrogen-bond acceptors (Lipinski definition) is 3. The van der Waals surface area contributed by atoms with Crippen LogP contribution >= 0.6 is 0 Å². The van der Waals surface area contributed by atoms with E-state index in [1.54, 1.807) is 6.42 Å². The Kier molecular flexibility index (Phi) is 19.3. The van der Waals surface area contributed by atoms with Crippen LogP contribution in [-0.4, -0.2) is 27.2 Å². The molecule has 3 aromatic rings. The molecule has 0 aliphatic rings. The van der Waals surface area contributed by atoms with E-state index in [1.807, 2.05) is 39.3 Å². The van der Waals surface area contributed by atoms with Crippen LogP contribution in [0.5, 0.6) is 0 Å². The molecule has 0 aliphatic carbocycles. The van der Waals surface area contributed by atoms with Gasteiger partial charge in [0.1, 0.15) is 0 Å². The maximum absolute atomic E-state index is 10.6. The molecular weight excluding hydrogens is 509 g/mol. The molecule has 0 bridgehead atoms. The fourth-order valence-electron chi connectivity index (χ4n) is 1.96. The molecule has 1 N–H and O–H groups in total. The predicted molar refractivity (Wildman–Crippen MR) is 108 cm³/mol. The Balaban J connectivity index is -0.000000446. The summed E-state index contributed by atoms with van der Waals surface area (Å²) < 4.78 is 46.7. The van der Waals surface area contributed by atoms with Gasteiger partial charge in [0.25, 0.3) is 0 Å². The fourth-order valence-corrected chi connectivity index (χ4v) is 1.96. The molecule has 169 valence electrons. The third-order valence-corrected chi connectivity index (χ3v) is 3.28. The third kappa shape index (κ3) is 12.4. The van der Waals surface area contributed by atoms with E-state index in [1.165, 1.54) is 0 Å². The van der Waals surface area contributed by atoms with Crippen molar-refractivity contribution in [1.82, 2.24) is 9.97 Å². The number of carboxylic acids is 1. The van der Waals surface area contributed by atoms with Crippen molar-refractivity contribution in [3.05, 3.63) is 80.9 Å². The summed E-state index contributed by atoms with van der Waals surface area (Å²) >= 11 is 0. The number of aryl methyl sites for hydroxylation is 2. The van der Waals surface area contributed by atoms with Crippen molar-refractivity contribution in [2.24, 2.45) is 0 Å². The molecule has 3 rings (SSSR count). The fraction of sp³-hybridized carbons (Fsp3) is 0.182. The average molecular weight is 529 g/mol. The first kappa shape index (κ1) is 34.1. The van der Waals surface area contributed by atoms with E-state index < -0.39 is 12.1 Å². The molecule has 0 amide bonds. The van der Waals surface area contributed by atoms with Crippen LogP contribution in [0.15, 0.2) is 36.4 Å². The second kappa shape index (κ2) is 18.1. The largest absolute Gasteiger partial charge is 0.0620 e. The molecule has 0 saturated heterocycles. The van der Waals surface area contributed by atoms with Gasteiger partial charge in [-0.1, -0.05) is 31.2 Å². The van der Waals surface area contributed by atoms with E-state index in [9.17, 15) is 13.2 Å². The van der Waals surface area contributed by atoms with Gasteiger partial charge >= 0.3 is 34.8 Å². The summed E-state index contributed by atoms with van der Waals surface area (Å²) in [5.41, 5.74) is 4.06. The van der Waals surface area contributed by atoms with Crippen LogP contribution in [0.1, 0.15) is 18.3 Å². The first-order chi connectivity index (χ1) is 14.6. The van der Waals surface area contributed by atoms with Crippen molar-refractivity contribution < 1.29 is 53.4 Å². The number of fused-ring (bicyclic) bond motifs is 3. The number of aromatic nitrogens is 2. The minimum absolute atomic E-state index is 0. The number of alkyl halides is 3. The van der Waals surface area contributed by atoms with Crippen LogP contribution in [-0.2, 0) is 35.2 Å². The zero-order valence-corrected chi connectivity index (χ0v) is 19.4. The van der Waals surface area contributed by atoms with E-state index in [0.29, 0.717) is 0 Å². The Hall–Kier alpha value is -2.53. The molecule has 0 unspecified atom stereocenters.